The van der Waals surface area contributed by atoms with Crippen molar-refractivity contribution in [2.24, 2.45) is 0 Å². The molecular formula is C16H15ClN2O5S2. The van der Waals surface area contributed by atoms with E-state index in [1.54, 1.807) is 0 Å². The quantitative estimate of drug-likeness (QED) is 0.804. The lowest BCUT2D eigenvalue weighted by Gasteiger charge is -2.29. The molecule has 0 bridgehead atoms. The van der Waals surface area contributed by atoms with Crippen LogP contribution >= 0.6 is 11.6 Å². The van der Waals surface area contributed by atoms with E-state index in [0.29, 0.717) is 18.1 Å². The van der Waals surface area contributed by atoms with E-state index in [1.165, 1.54) is 46.8 Å². The van der Waals surface area contributed by atoms with Gasteiger partial charge in [-0.1, -0.05) is 17.7 Å². The van der Waals surface area contributed by atoms with Crippen molar-refractivity contribution in [3.63, 3.8) is 0 Å². The second kappa shape index (κ2) is 6.99. The van der Waals surface area contributed by atoms with E-state index in [4.69, 9.17) is 11.6 Å². The standard InChI is InChI=1S/C16H15ClN2O5S2/c17-13-7-5-12(6-8-13)16(20)18-25(21,22)14-3-1-4-15(11-14)26(23,24)19-9-2-10-19/h1,3-8,11H,2,9-10H2,(H,18,20). The summed E-state index contributed by atoms with van der Waals surface area (Å²) < 4.78 is 52.9. The molecule has 1 amide bonds. The first-order chi connectivity index (χ1) is 12.2. The van der Waals surface area contributed by atoms with Gasteiger partial charge in [-0.25, -0.2) is 21.6 Å². The highest BCUT2D eigenvalue weighted by atomic mass is 35.5. The van der Waals surface area contributed by atoms with Gasteiger partial charge in [0, 0.05) is 23.7 Å². The molecule has 0 aliphatic carbocycles. The Labute approximate surface area is 156 Å². The van der Waals surface area contributed by atoms with Gasteiger partial charge in [-0.2, -0.15) is 4.31 Å². The monoisotopic (exact) mass is 414 g/mol. The van der Waals surface area contributed by atoms with Crippen molar-refractivity contribution < 1.29 is 21.6 Å². The summed E-state index contributed by atoms with van der Waals surface area (Å²) in [6, 6.07) is 10.6. The third-order valence-corrected chi connectivity index (χ3v) is 7.38. The highest BCUT2D eigenvalue weighted by Gasteiger charge is 2.30. The van der Waals surface area contributed by atoms with Crippen LogP contribution in [0.3, 0.4) is 0 Å². The Bertz CT molecular complexity index is 1050. The number of benzene rings is 2. The van der Waals surface area contributed by atoms with Gasteiger partial charge in [-0.05, 0) is 48.9 Å². The van der Waals surface area contributed by atoms with Crippen LogP contribution in [0.5, 0.6) is 0 Å². The molecule has 1 aliphatic heterocycles. The first-order valence-electron chi connectivity index (χ1n) is 7.63. The lowest BCUT2D eigenvalue weighted by molar-refractivity contribution is 0.0981. The maximum atomic E-state index is 12.4. The van der Waals surface area contributed by atoms with Crippen LogP contribution in [0.4, 0.5) is 0 Å². The lowest BCUT2D eigenvalue weighted by atomic mass is 10.2. The number of carbonyl (C=O) groups excluding carboxylic acids is 1. The second-order valence-electron chi connectivity index (χ2n) is 5.67. The Morgan fingerprint density at radius 3 is 2.15 bits per heavy atom. The summed E-state index contributed by atoms with van der Waals surface area (Å²) in [5.74, 6) is -0.835. The molecule has 0 atom stereocenters. The molecule has 1 saturated heterocycles. The number of carbonyl (C=O) groups is 1. The Morgan fingerprint density at radius 2 is 1.58 bits per heavy atom. The molecule has 2 aromatic carbocycles. The Hall–Kier alpha value is -1.94. The molecule has 1 aliphatic rings. The summed E-state index contributed by atoms with van der Waals surface area (Å²) in [6.45, 7) is 0.819. The SMILES string of the molecule is O=C(NS(=O)(=O)c1cccc(S(=O)(=O)N2CCC2)c1)c1ccc(Cl)cc1. The van der Waals surface area contributed by atoms with Crippen LogP contribution in [-0.4, -0.2) is 40.1 Å². The second-order valence-corrected chi connectivity index (χ2v) is 9.73. The van der Waals surface area contributed by atoms with Crippen molar-refractivity contribution in [2.45, 2.75) is 16.2 Å². The van der Waals surface area contributed by atoms with Crippen LogP contribution in [0.1, 0.15) is 16.8 Å². The number of nitrogens with zero attached hydrogens (tertiary/aromatic N) is 1. The van der Waals surface area contributed by atoms with Gasteiger partial charge in [-0.15, -0.1) is 0 Å². The Morgan fingerprint density at radius 1 is 0.962 bits per heavy atom. The fraction of sp³-hybridized carbons (Fsp3) is 0.188. The average Bonchev–Trinajstić information content (AvgIpc) is 2.53. The van der Waals surface area contributed by atoms with E-state index in [2.05, 4.69) is 0 Å². The molecule has 0 unspecified atom stereocenters. The minimum absolute atomic E-state index is 0.113. The van der Waals surface area contributed by atoms with Crippen molar-refractivity contribution in [1.82, 2.24) is 9.03 Å². The molecule has 26 heavy (non-hydrogen) atoms. The number of hydrogen-bond donors (Lipinski definition) is 1. The van der Waals surface area contributed by atoms with Crippen molar-refractivity contribution in [1.29, 1.82) is 0 Å². The fourth-order valence-corrected chi connectivity index (χ4v) is 5.10. The predicted molar refractivity (Wildman–Crippen MR) is 95.9 cm³/mol. The molecule has 3 rings (SSSR count). The predicted octanol–water partition coefficient (Wildman–Crippen LogP) is 1.85. The summed E-state index contributed by atoms with van der Waals surface area (Å²) in [4.78, 5) is 11.7. The smallest absolute Gasteiger partial charge is 0.264 e. The summed E-state index contributed by atoms with van der Waals surface area (Å²) in [7, 11) is -7.96. The van der Waals surface area contributed by atoms with Crippen molar-refractivity contribution in [3.8, 4) is 0 Å². The molecular weight excluding hydrogens is 400 g/mol. The normalized spacial score (nSPS) is 15.3. The topological polar surface area (TPSA) is 101 Å². The third kappa shape index (κ3) is 3.75. The molecule has 1 heterocycles. The molecule has 0 spiro atoms. The first-order valence-corrected chi connectivity index (χ1v) is 10.9. The number of rotatable bonds is 5. The van der Waals surface area contributed by atoms with Gasteiger partial charge in [0.05, 0.1) is 9.79 Å². The zero-order valence-corrected chi connectivity index (χ0v) is 15.8. The van der Waals surface area contributed by atoms with Crippen molar-refractivity contribution in [3.05, 3.63) is 59.1 Å². The van der Waals surface area contributed by atoms with Crippen LogP contribution in [0.25, 0.3) is 0 Å². The van der Waals surface area contributed by atoms with Gasteiger partial charge in [0.25, 0.3) is 15.9 Å². The largest absolute Gasteiger partial charge is 0.268 e. The van der Waals surface area contributed by atoms with Crippen LogP contribution in [0.2, 0.25) is 5.02 Å². The summed E-state index contributed by atoms with van der Waals surface area (Å²) in [5, 5.41) is 0.410. The van der Waals surface area contributed by atoms with Gasteiger partial charge in [0.1, 0.15) is 0 Å². The first kappa shape index (κ1) is 18.8. The van der Waals surface area contributed by atoms with Crippen molar-refractivity contribution >= 4 is 37.6 Å². The lowest BCUT2D eigenvalue weighted by Crippen LogP contribution is -2.42. The highest BCUT2D eigenvalue weighted by molar-refractivity contribution is 7.90. The zero-order valence-electron chi connectivity index (χ0n) is 13.4. The number of amides is 1. The summed E-state index contributed by atoms with van der Waals surface area (Å²) in [5.41, 5.74) is 0.113. The molecule has 0 saturated carbocycles. The molecule has 138 valence electrons. The van der Waals surface area contributed by atoms with Gasteiger partial charge < -0.3 is 0 Å². The van der Waals surface area contributed by atoms with E-state index in [-0.39, 0.29) is 15.4 Å². The highest BCUT2D eigenvalue weighted by Crippen LogP contribution is 2.23. The molecule has 1 fully saturated rings. The minimum Gasteiger partial charge on any atom is -0.268 e. The van der Waals surface area contributed by atoms with Gasteiger partial charge in [-0.3, -0.25) is 4.79 Å². The molecule has 10 heteroatoms. The zero-order chi connectivity index (χ0) is 18.9. The van der Waals surface area contributed by atoms with Gasteiger partial charge in [0.15, 0.2) is 0 Å². The van der Waals surface area contributed by atoms with Crippen LogP contribution in [0.15, 0.2) is 58.3 Å². The third-order valence-electron chi connectivity index (χ3n) is 3.90. The maximum Gasteiger partial charge on any atom is 0.264 e. The number of hydrogen-bond acceptors (Lipinski definition) is 5. The Kier molecular flexibility index (Phi) is 5.07. The van der Waals surface area contributed by atoms with E-state index in [1.807, 2.05) is 4.72 Å². The molecule has 2 aromatic rings. The Balaban J connectivity index is 1.86. The van der Waals surface area contributed by atoms with E-state index < -0.39 is 26.0 Å². The fourth-order valence-electron chi connectivity index (χ4n) is 2.32. The van der Waals surface area contributed by atoms with E-state index in [9.17, 15) is 21.6 Å². The van der Waals surface area contributed by atoms with Crippen LogP contribution in [-0.2, 0) is 20.0 Å². The number of nitrogens with one attached hydrogen (secondary N) is 1. The molecule has 0 aromatic heterocycles. The maximum absolute atomic E-state index is 12.4. The van der Waals surface area contributed by atoms with Crippen LogP contribution in [0, 0.1) is 0 Å². The average molecular weight is 415 g/mol. The molecule has 0 radical (unpaired) electrons. The minimum atomic E-state index is -4.23. The molecule has 7 nitrogen and oxygen atoms in total. The number of halogens is 1. The molecule has 1 N–H and O–H groups in total. The van der Waals surface area contributed by atoms with Gasteiger partial charge >= 0.3 is 0 Å². The van der Waals surface area contributed by atoms with E-state index >= 15 is 0 Å². The van der Waals surface area contributed by atoms with Gasteiger partial charge in [0.2, 0.25) is 10.0 Å². The van der Waals surface area contributed by atoms with Crippen molar-refractivity contribution in [2.75, 3.05) is 13.1 Å². The van der Waals surface area contributed by atoms with E-state index in [0.717, 1.165) is 12.5 Å². The summed E-state index contributed by atoms with van der Waals surface area (Å²) in [6.07, 6.45) is 0.772. The number of sulfonamides is 2. The summed E-state index contributed by atoms with van der Waals surface area (Å²) >= 11 is 5.74. The van der Waals surface area contributed by atoms with Crippen LogP contribution < -0.4 is 4.72 Å².